The third-order valence-electron chi connectivity index (χ3n) is 3.00. The Bertz CT molecular complexity index is 1020. The highest BCUT2D eigenvalue weighted by atomic mass is 35.5. The van der Waals surface area contributed by atoms with Crippen molar-refractivity contribution in [3.05, 3.63) is 52.0 Å². The van der Waals surface area contributed by atoms with Crippen LogP contribution in [0.4, 0.5) is 14.5 Å². The molecule has 1 heterocycles. The van der Waals surface area contributed by atoms with Gasteiger partial charge in [0.1, 0.15) is 11.6 Å². The largest absolute Gasteiger partial charge is 0.281 e. The van der Waals surface area contributed by atoms with E-state index in [2.05, 4.69) is 10.2 Å². The fourth-order valence-corrected chi connectivity index (χ4v) is 3.46. The number of anilines is 1. The molecular weight excluding hydrogens is 371 g/mol. The van der Waals surface area contributed by atoms with Crippen molar-refractivity contribution in [3.8, 4) is 0 Å². The molecule has 1 aromatic heterocycles. The molecule has 0 unspecified atom stereocenters. The second kappa shape index (κ2) is 5.63. The van der Waals surface area contributed by atoms with Gasteiger partial charge in [-0.15, -0.1) is 0 Å². The van der Waals surface area contributed by atoms with Crippen LogP contribution in [-0.4, -0.2) is 18.6 Å². The zero-order chi connectivity index (χ0) is 16.8. The van der Waals surface area contributed by atoms with Gasteiger partial charge in [0.2, 0.25) is 5.03 Å². The first-order valence-corrected chi connectivity index (χ1v) is 8.33. The van der Waals surface area contributed by atoms with Crippen LogP contribution in [0.5, 0.6) is 0 Å². The van der Waals surface area contributed by atoms with Crippen LogP contribution in [0, 0.1) is 11.6 Å². The van der Waals surface area contributed by atoms with Crippen LogP contribution < -0.4 is 4.72 Å². The number of benzene rings is 2. The Morgan fingerprint density at radius 2 is 1.83 bits per heavy atom. The van der Waals surface area contributed by atoms with Gasteiger partial charge in [-0.05, 0) is 24.3 Å². The molecule has 0 aliphatic rings. The summed E-state index contributed by atoms with van der Waals surface area (Å²) in [6.45, 7) is 0. The van der Waals surface area contributed by atoms with Crippen molar-refractivity contribution in [3.63, 3.8) is 0 Å². The lowest BCUT2D eigenvalue weighted by molar-refractivity contribution is 0.592. The van der Waals surface area contributed by atoms with Crippen LogP contribution in [0.15, 0.2) is 35.4 Å². The van der Waals surface area contributed by atoms with Crippen LogP contribution in [0.2, 0.25) is 10.0 Å². The van der Waals surface area contributed by atoms with Crippen molar-refractivity contribution < 1.29 is 17.2 Å². The number of aromatic amines is 1. The van der Waals surface area contributed by atoms with Crippen LogP contribution in [0.25, 0.3) is 10.9 Å². The van der Waals surface area contributed by atoms with Crippen molar-refractivity contribution in [2.75, 3.05) is 4.72 Å². The summed E-state index contributed by atoms with van der Waals surface area (Å²) < 4.78 is 53.8. The number of H-pyrrole nitrogens is 1. The van der Waals surface area contributed by atoms with Gasteiger partial charge < -0.3 is 0 Å². The summed E-state index contributed by atoms with van der Waals surface area (Å²) in [7, 11) is -4.25. The first-order valence-electron chi connectivity index (χ1n) is 6.09. The Morgan fingerprint density at radius 3 is 2.57 bits per heavy atom. The van der Waals surface area contributed by atoms with E-state index in [0.717, 1.165) is 0 Å². The summed E-state index contributed by atoms with van der Waals surface area (Å²) in [5.41, 5.74) is -0.183. The SMILES string of the molecule is O=S(=O)(Nc1cc(F)c(Cl)cc1F)c1n[nH]c2cc(Cl)ccc12. The van der Waals surface area contributed by atoms with Crippen LogP contribution in [0.3, 0.4) is 0 Å². The van der Waals surface area contributed by atoms with Gasteiger partial charge in [0.15, 0.2) is 0 Å². The Morgan fingerprint density at radius 1 is 1.09 bits per heavy atom. The second-order valence-electron chi connectivity index (χ2n) is 4.57. The molecule has 0 spiro atoms. The molecule has 3 rings (SSSR count). The normalized spacial score (nSPS) is 11.8. The van der Waals surface area contributed by atoms with Crippen molar-refractivity contribution in [2.45, 2.75) is 5.03 Å². The summed E-state index contributed by atoms with van der Waals surface area (Å²) >= 11 is 11.2. The number of hydrogen-bond donors (Lipinski definition) is 2. The van der Waals surface area contributed by atoms with E-state index in [1.165, 1.54) is 18.2 Å². The van der Waals surface area contributed by atoms with E-state index < -0.39 is 32.4 Å². The summed E-state index contributed by atoms with van der Waals surface area (Å²) in [6, 6.07) is 5.76. The molecule has 0 bridgehead atoms. The number of halogens is 4. The third kappa shape index (κ3) is 2.97. The zero-order valence-corrected chi connectivity index (χ0v) is 13.4. The molecule has 3 aromatic rings. The maximum Gasteiger partial charge on any atom is 0.281 e. The number of nitrogens with one attached hydrogen (secondary N) is 2. The van der Waals surface area contributed by atoms with Gasteiger partial charge in [0.05, 0.1) is 16.2 Å². The molecule has 0 aliphatic carbocycles. The highest BCUT2D eigenvalue weighted by molar-refractivity contribution is 7.92. The summed E-state index contributed by atoms with van der Waals surface area (Å²) in [5, 5.41) is 6.05. The Hall–Kier alpha value is -1.90. The van der Waals surface area contributed by atoms with Crippen molar-refractivity contribution >= 4 is 49.8 Å². The number of sulfonamides is 1. The minimum absolute atomic E-state index is 0.261. The van der Waals surface area contributed by atoms with Gasteiger partial charge >= 0.3 is 0 Å². The first-order chi connectivity index (χ1) is 10.8. The topological polar surface area (TPSA) is 74.8 Å². The van der Waals surface area contributed by atoms with Gasteiger partial charge in [0, 0.05) is 16.5 Å². The van der Waals surface area contributed by atoms with Gasteiger partial charge in [-0.2, -0.15) is 13.5 Å². The van der Waals surface area contributed by atoms with E-state index in [4.69, 9.17) is 23.2 Å². The molecule has 5 nitrogen and oxygen atoms in total. The first kappa shape index (κ1) is 16.0. The van der Waals surface area contributed by atoms with Gasteiger partial charge in [0.25, 0.3) is 10.0 Å². The number of fused-ring (bicyclic) bond motifs is 1. The minimum Gasteiger partial charge on any atom is -0.276 e. The predicted molar refractivity (Wildman–Crippen MR) is 83.3 cm³/mol. The van der Waals surface area contributed by atoms with E-state index in [1.54, 1.807) is 0 Å². The lowest BCUT2D eigenvalue weighted by Crippen LogP contribution is -2.15. The van der Waals surface area contributed by atoms with E-state index >= 15 is 0 Å². The molecule has 0 saturated heterocycles. The third-order valence-corrected chi connectivity index (χ3v) is 4.83. The average Bonchev–Trinajstić information content (AvgIpc) is 2.88. The quantitative estimate of drug-likeness (QED) is 0.678. The monoisotopic (exact) mass is 377 g/mol. The Balaban J connectivity index is 2.06. The number of rotatable bonds is 3. The molecule has 10 heteroatoms. The molecule has 2 N–H and O–H groups in total. The second-order valence-corrected chi connectivity index (χ2v) is 7.01. The van der Waals surface area contributed by atoms with Crippen LogP contribution in [0.1, 0.15) is 0 Å². The lowest BCUT2D eigenvalue weighted by atomic mass is 10.3. The van der Waals surface area contributed by atoms with Gasteiger partial charge in [-0.3, -0.25) is 9.82 Å². The van der Waals surface area contributed by atoms with Crippen LogP contribution >= 0.6 is 23.2 Å². The predicted octanol–water partition coefficient (Wildman–Crippen LogP) is 3.95. The Kier molecular flexibility index (Phi) is 3.91. The van der Waals surface area contributed by atoms with Crippen LogP contribution in [-0.2, 0) is 10.0 Å². The zero-order valence-electron chi connectivity index (χ0n) is 11.1. The standard InChI is InChI=1S/C13H7Cl2F2N3O2S/c14-6-1-2-7-11(3-6)18-19-13(7)23(21,22)20-12-5-9(16)8(15)4-10(12)17/h1-5,20H,(H,18,19). The smallest absolute Gasteiger partial charge is 0.276 e. The van der Waals surface area contributed by atoms with Gasteiger partial charge in [-0.1, -0.05) is 23.2 Å². The molecular formula is C13H7Cl2F2N3O2S. The summed E-state index contributed by atoms with van der Waals surface area (Å²) in [6.07, 6.45) is 0. The summed E-state index contributed by atoms with van der Waals surface area (Å²) in [4.78, 5) is 0. The lowest BCUT2D eigenvalue weighted by Gasteiger charge is -2.08. The highest BCUT2D eigenvalue weighted by Gasteiger charge is 2.23. The van der Waals surface area contributed by atoms with E-state index in [9.17, 15) is 17.2 Å². The van der Waals surface area contributed by atoms with E-state index in [-0.39, 0.29) is 10.4 Å². The van der Waals surface area contributed by atoms with Crippen molar-refractivity contribution in [1.82, 2.24) is 10.2 Å². The minimum atomic E-state index is -4.25. The molecule has 0 atom stereocenters. The summed E-state index contributed by atoms with van der Waals surface area (Å²) in [5.74, 6) is -1.97. The fourth-order valence-electron chi connectivity index (χ4n) is 1.97. The van der Waals surface area contributed by atoms with Crippen molar-refractivity contribution in [1.29, 1.82) is 0 Å². The average molecular weight is 378 g/mol. The van der Waals surface area contributed by atoms with E-state index in [0.29, 0.717) is 22.7 Å². The molecule has 0 fully saturated rings. The molecule has 0 saturated carbocycles. The number of aromatic nitrogens is 2. The number of nitrogens with zero attached hydrogens (tertiary/aromatic N) is 1. The Labute approximate surface area is 139 Å². The van der Waals surface area contributed by atoms with Gasteiger partial charge in [-0.25, -0.2) is 8.78 Å². The molecule has 0 amide bonds. The maximum absolute atomic E-state index is 13.7. The molecule has 0 aliphatic heterocycles. The van der Waals surface area contributed by atoms with E-state index in [1.807, 2.05) is 4.72 Å². The van der Waals surface area contributed by atoms with Crippen molar-refractivity contribution in [2.24, 2.45) is 0 Å². The fraction of sp³-hybridized carbons (Fsp3) is 0. The molecule has 2 aromatic carbocycles. The maximum atomic E-state index is 13.7. The molecule has 120 valence electrons. The highest BCUT2D eigenvalue weighted by Crippen LogP contribution is 2.28. The molecule has 0 radical (unpaired) electrons. The molecule has 23 heavy (non-hydrogen) atoms. The number of hydrogen-bond acceptors (Lipinski definition) is 3.